The van der Waals surface area contributed by atoms with E-state index in [-0.39, 0.29) is 13.2 Å². The number of terminal acetylenes is 1. The van der Waals surface area contributed by atoms with Crippen LogP contribution < -0.4 is 23.7 Å². The molecule has 3 rings (SSSR count). The molecule has 1 aromatic heterocycles. The quantitative estimate of drug-likeness (QED) is 0.517. The maximum atomic E-state index is 12.5. The third kappa shape index (κ3) is 4.58. The molecule has 0 aliphatic rings. The van der Waals surface area contributed by atoms with Gasteiger partial charge in [0.1, 0.15) is 33.2 Å². The Morgan fingerprint density at radius 1 is 1.07 bits per heavy atom. The van der Waals surface area contributed by atoms with Gasteiger partial charge in [0.15, 0.2) is 11.4 Å². The molecule has 1 amide bonds. The van der Waals surface area contributed by atoms with Gasteiger partial charge in [0.2, 0.25) is 0 Å². The third-order valence-corrected chi connectivity index (χ3v) is 5.25. The molecule has 0 fully saturated rings. The lowest BCUT2D eigenvalue weighted by atomic mass is 10.3. The highest BCUT2D eigenvalue weighted by Crippen LogP contribution is 2.35. The smallest absolute Gasteiger partial charge is 0.286 e. The summed E-state index contributed by atoms with van der Waals surface area (Å²) in [6.45, 7) is 2.53. The monoisotopic (exact) mass is 426 g/mol. The number of rotatable bonds is 8. The van der Waals surface area contributed by atoms with Gasteiger partial charge in [0.25, 0.3) is 5.91 Å². The zero-order chi connectivity index (χ0) is 21.5. The van der Waals surface area contributed by atoms with E-state index >= 15 is 0 Å². The second kappa shape index (κ2) is 9.85. The van der Waals surface area contributed by atoms with E-state index in [1.54, 1.807) is 55.2 Å². The predicted molar refractivity (Wildman–Crippen MR) is 115 cm³/mol. The number of thiazole rings is 1. The van der Waals surface area contributed by atoms with Gasteiger partial charge in [-0.05, 0) is 43.3 Å². The number of fused-ring (bicyclic) bond motifs is 1. The Morgan fingerprint density at radius 3 is 2.30 bits per heavy atom. The molecule has 156 valence electrons. The topological polar surface area (TPSA) is 71.3 Å². The minimum atomic E-state index is -0.431. The summed E-state index contributed by atoms with van der Waals surface area (Å²) in [5, 5.41) is 0. The number of nitrogens with zero attached hydrogens (tertiary/aromatic N) is 2. The van der Waals surface area contributed by atoms with Crippen molar-refractivity contribution in [1.82, 2.24) is 4.57 Å². The summed E-state index contributed by atoms with van der Waals surface area (Å²) in [4.78, 5) is 17.1. The van der Waals surface area contributed by atoms with Crippen molar-refractivity contribution >= 4 is 27.5 Å². The van der Waals surface area contributed by atoms with Crippen LogP contribution in [0.4, 0.5) is 0 Å². The Labute approximate surface area is 178 Å². The molecule has 7 nitrogen and oxygen atoms in total. The molecule has 0 aliphatic heterocycles. The van der Waals surface area contributed by atoms with Crippen LogP contribution in [0, 0.1) is 12.3 Å². The summed E-state index contributed by atoms with van der Waals surface area (Å²) >= 11 is 1.30. The van der Waals surface area contributed by atoms with Crippen LogP contribution in [0.3, 0.4) is 0 Å². The molecule has 2 aromatic carbocycles. The van der Waals surface area contributed by atoms with Crippen LogP contribution in [-0.4, -0.2) is 37.9 Å². The van der Waals surface area contributed by atoms with Gasteiger partial charge in [0.05, 0.1) is 27.4 Å². The second-order valence-corrected chi connectivity index (χ2v) is 7.00. The SMILES string of the molecule is C#CCn1c(=NC(=O)COc2ccc(OCC)cc2)sc2c(OC)ccc(OC)c21. The van der Waals surface area contributed by atoms with Gasteiger partial charge in [-0.25, -0.2) is 0 Å². The summed E-state index contributed by atoms with van der Waals surface area (Å²) < 4.78 is 24.4. The van der Waals surface area contributed by atoms with Crippen LogP contribution in [0.1, 0.15) is 6.92 Å². The average molecular weight is 426 g/mol. The van der Waals surface area contributed by atoms with Crippen LogP contribution in [0.2, 0.25) is 0 Å². The molecule has 0 spiro atoms. The minimum absolute atomic E-state index is 0.202. The molecule has 0 atom stereocenters. The van der Waals surface area contributed by atoms with Crippen molar-refractivity contribution in [2.24, 2.45) is 4.99 Å². The minimum Gasteiger partial charge on any atom is -0.495 e. The van der Waals surface area contributed by atoms with E-state index in [2.05, 4.69) is 10.9 Å². The van der Waals surface area contributed by atoms with Gasteiger partial charge in [-0.2, -0.15) is 4.99 Å². The highest BCUT2D eigenvalue weighted by atomic mass is 32.1. The van der Waals surface area contributed by atoms with Crippen LogP contribution in [0.15, 0.2) is 41.4 Å². The van der Waals surface area contributed by atoms with Crippen molar-refractivity contribution in [2.45, 2.75) is 13.5 Å². The molecule has 0 bridgehead atoms. The summed E-state index contributed by atoms with van der Waals surface area (Å²) in [6.07, 6.45) is 5.54. The lowest BCUT2D eigenvalue weighted by Gasteiger charge is -2.08. The molecule has 0 radical (unpaired) electrons. The van der Waals surface area contributed by atoms with E-state index in [1.807, 2.05) is 6.92 Å². The van der Waals surface area contributed by atoms with E-state index < -0.39 is 5.91 Å². The molecule has 0 saturated carbocycles. The largest absolute Gasteiger partial charge is 0.495 e. The van der Waals surface area contributed by atoms with E-state index in [9.17, 15) is 4.79 Å². The molecule has 0 unspecified atom stereocenters. The van der Waals surface area contributed by atoms with Crippen LogP contribution >= 0.6 is 11.3 Å². The molecule has 0 aliphatic carbocycles. The fraction of sp³-hybridized carbons (Fsp3) is 0.273. The third-order valence-electron chi connectivity index (χ3n) is 4.16. The number of benzene rings is 2. The fourth-order valence-electron chi connectivity index (χ4n) is 2.86. The average Bonchev–Trinajstić information content (AvgIpc) is 3.11. The molecule has 1 heterocycles. The Bertz CT molecular complexity index is 1140. The zero-order valence-corrected chi connectivity index (χ0v) is 17.8. The molecule has 0 N–H and O–H groups in total. The summed E-state index contributed by atoms with van der Waals surface area (Å²) in [5.41, 5.74) is 0.735. The first-order valence-electron chi connectivity index (χ1n) is 9.22. The van der Waals surface area contributed by atoms with E-state index in [1.165, 1.54) is 11.3 Å². The Hall–Kier alpha value is -3.44. The maximum absolute atomic E-state index is 12.5. The first kappa shape index (κ1) is 21.3. The zero-order valence-electron chi connectivity index (χ0n) is 17.0. The van der Waals surface area contributed by atoms with Gasteiger partial charge in [0, 0.05) is 0 Å². The lowest BCUT2D eigenvalue weighted by Crippen LogP contribution is -2.19. The number of aromatic nitrogens is 1. The van der Waals surface area contributed by atoms with Crippen molar-refractivity contribution in [3.8, 4) is 35.3 Å². The fourth-order valence-corrected chi connectivity index (χ4v) is 4.02. The number of hydrogen-bond donors (Lipinski definition) is 0. The van der Waals surface area contributed by atoms with Crippen LogP contribution in [0.5, 0.6) is 23.0 Å². The molecule has 8 heteroatoms. The van der Waals surface area contributed by atoms with Crippen molar-refractivity contribution in [3.63, 3.8) is 0 Å². The first-order valence-corrected chi connectivity index (χ1v) is 10.0. The number of methoxy groups -OCH3 is 2. The predicted octanol–water partition coefficient (Wildman–Crippen LogP) is 3.26. The molecular weight excluding hydrogens is 404 g/mol. The second-order valence-electron chi connectivity index (χ2n) is 6.02. The van der Waals surface area contributed by atoms with Gasteiger partial charge in [-0.3, -0.25) is 4.79 Å². The number of carbonyl (C=O) groups excluding carboxylic acids is 1. The van der Waals surface area contributed by atoms with Gasteiger partial charge < -0.3 is 23.5 Å². The van der Waals surface area contributed by atoms with E-state index in [0.717, 1.165) is 16.0 Å². The highest BCUT2D eigenvalue weighted by Gasteiger charge is 2.16. The molecule has 3 aromatic rings. The Balaban J connectivity index is 1.89. The number of amides is 1. The van der Waals surface area contributed by atoms with Crippen molar-refractivity contribution in [3.05, 3.63) is 41.2 Å². The standard InChI is InChI=1S/C22H22N2O5S/c1-5-13-24-20-17(26-3)11-12-18(27-4)21(20)30-22(24)23-19(25)14-29-16-9-7-15(8-10-16)28-6-2/h1,7-12H,6,13-14H2,2-4H3. The molecule has 30 heavy (non-hydrogen) atoms. The lowest BCUT2D eigenvalue weighted by molar-refractivity contribution is -0.120. The normalized spacial score (nSPS) is 11.2. The van der Waals surface area contributed by atoms with E-state index in [0.29, 0.717) is 28.7 Å². The van der Waals surface area contributed by atoms with Gasteiger partial charge in [-0.15, -0.1) is 6.42 Å². The highest BCUT2D eigenvalue weighted by molar-refractivity contribution is 7.16. The van der Waals surface area contributed by atoms with Crippen molar-refractivity contribution in [2.75, 3.05) is 27.4 Å². The number of hydrogen-bond acceptors (Lipinski definition) is 6. The Morgan fingerprint density at radius 2 is 1.70 bits per heavy atom. The van der Waals surface area contributed by atoms with E-state index in [4.69, 9.17) is 25.4 Å². The van der Waals surface area contributed by atoms with Crippen LogP contribution in [0.25, 0.3) is 10.2 Å². The van der Waals surface area contributed by atoms with Gasteiger partial charge >= 0.3 is 0 Å². The molecular formula is C22H22N2O5S. The van der Waals surface area contributed by atoms with Gasteiger partial charge in [-0.1, -0.05) is 17.3 Å². The maximum Gasteiger partial charge on any atom is 0.286 e. The summed E-state index contributed by atoms with van der Waals surface area (Å²) in [5.74, 6) is 4.74. The summed E-state index contributed by atoms with van der Waals surface area (Å²) in [6, 6.07) is 10.6. The van der Waals surface area contributed by atoms with Crippen molar-refractivity contribution in [1.29, 1.82) is 0 Å². The Kier molecular flexibility index (Phi) is 6.99. The molecule has 0 saturated heterocycles. The summed E-state index contributed by atoms with van der Waals surface area (Å²) in [7, 11) is 3.16. The van der Waals surface area contributed by atoms with Crippen LogP contribution in [-0.2, 0) is 11.3 Å². The van der Waals surface area contributed by atoms with Crippen molar-refractivity contribution < 1.29 is 23.7 Å². The number of carbonyl (C=O) groups is 1. The first-order chi connectivity index (χ1) is 14.6. The number of ether oxygens (including phenoxy) is 4.